The molecule has 0 saturated carbocycles. The van der Waals surface area contributed by atoms with E-state index in [1.54, 1.807) is 44.3 Å². The first-order valence-corrected chi connectivity index (χ1v) is 9.34. The number of hydrogen-bond donors (Lipinski definition) is 0. The average molecular weight is 407 g/mol. The van der Waals surface area contributed by atoms with E-state index in [-0.39, 0.29) is 17.9 Å². The van der Waals surface area contributed by atoms with Crippen molar-refractivity contribution >= 4 is 5.91 Å². The highest BCUT2D eigenvalue weighted by atomic mass is 19.1. The highest BCUT2D eigenvalue weighted by Crippen LogP contribution is 2.15. The Labute approximate surface area is 173 Å². The summed E-state index contributed by atoms with van der Waals surface area (Å²) in [7, 11) is 1.58. The molecule has 0 aliphatic carbocycles. The molecular weight excluding hydrogens is 385 g/mol. The van der Waals surface area contributed by atoms with Gasteiger partial charge in [-0.2, -0.15) is 5.10 Å². The van der Waals surface area contributed by atoms with E-state index in [0.29, 0.717) is 18.1 Å². The molecule has 1 heterocycles. The van der Waals surface area contributed by atoms with Gasteiger partial charge in [0, 0.05) is 25.4 Å². The molecule has 3 rings (SSSR count). The molecule has 154 valence electrons. The smallest absolute Gasteiger partial charge is 0.278 e. The van der Waals surface area contributed by atoms with Crippen molar-refractivity contribution in [2.24, 2.45) is 0 Å². The highest BCUT2D eigenvalue weighted by molar-refractivity contribution is 5.91. The minimum absolute atomic E-state index is 0.168. The fourth-order valence-electron chi connectivity index (χ4n) is 2.94. The number of aromatic nitrogens is 2. The second-order valence-corrected chi connectivity index (χ2v) is 6.77. The standard InChI is InChI=1S/C23H22FN3O3/c1-4-13-30-18-11-9-17(10-12-18)15-26(3)23(29)22-21(28)14-16(2)27(25-22)20-8-6-5-7-19(20)24/h4-12,14H,1,13,15H2,2-3H3. The summed E-state index contributed by atoms with van der Waals surface area (Å²) in [4.78, 5) is 26.7. The van der Waals surface area contributed by atoms with Crippen LogP contribution in [0.3, 0.4) is 0 Å². The van der Waals surface area contributed by atoms with Gasteiger partial charge in [-0.15, -0.1) is 0 Å². The van der Waals surface area contributed by atoms with E-state index in [0.717, 1.165) is 5.56 Å². The van der Waals surface area contributed by atoms with Gasteiger partial charge in [-0.25, -0.2) is 9.07 Å². The molecule has 0 spiro atoms. The predicted octanol–water partition coefficient (Wildman–Crippen LogP) is 3.52. The van der Waals surface area contributed by atoms with E-state index in [9.17, 15) is 14.0 Å². The summed E-state index contributed by atoms with van der Waals surface area (Å²) in [6.07, 6.45) is 1.66. The minimum atomic E-state index is -0.544. The Kier molecular flexibility index (Phi) is 6.41. The summed E-state index contributed by atoms with van der Waals surface area (Å²) in [6, 6.07) is 14.6. The van der Waals surface area contributed by atoms with Gasteiger partial charge in [0.05, 0.1) is 0 Å². The number of halogens is 1. The molecule has 0 saturated heterocycles. The lowest BCUT2D eigenvalue weighted by molar-refractivity contribution is 0.0775. The zero-order valence-corrected chi connectivity index (χ0v) is 16.8. The highest BCUT2D eigenvalue weighted by Gasteiger charge is 2.20. The molecule has 0 N–H and O–H groups in total. The molecule has 1 aromatic heterocycles. The van der Waals surface area contributed by atoms with Crippen LogP contribution in [0.2, 0.25) is 0 Å². The summed E-state index contributed by atoms with van der Waals surface area (Å²) in [5.74, 6) is -0.347. The zero-order chi connectivity index (χ0) is 21.7. The molecule has 0 aliphatic heterocycles. The number of aryl methyl sites for hydroxylation is 1. The Hall–Kier alpha value is -3.74. The normalized spacial score (nSPS) is 10.5. The SMILES string of the molecule is C=CCOc1ccc(CN(C)C(=O)c2nn(-c3ccccc3F)c(C)cc2=O)cc1. The first-order chi connectivity index (χ1) is 14.4. The predicted molar refractivity (Wildman–Crippen MR) is 112 cm³/mol. The lowest BCUT2D eigenvalue weighted by Gasteiger charge is -2.18. The third-order valence-electron chi connectivity index (χ3n) is 4.45. The van der Waals surface area contributed by atoms with Crippen molar-refractivity contribution in [1.29, 1.82) is 0 Å². The van der Waals surface area contributed by atoms with E-state index in [2.05, 4.69) is 11.7 Å². The zero-order valence-electron chi connectivity index (χ0n) is 16.8. The summed E-state index contributed by atoms with van der Waals surface area (Å²) < 4.78 is 20.9. The van der Waals surface area contributed by atoms with Gasteiger partial charge < -0.3 is 9.64 Å². The number of amides is 1. The third-order valence-corrected chi connectivity index (χ3v) is 4.45. The van der Waals surface area contributed by atoms with Crippen LogP contribution < -0.4 is 10.2 Å². The maximum Gasteiger partial charge on any atom is 0.278 e. The van der Waals surface area contributed by atoms with Gasteiger partial charge in [-0.1, -0.05) is 36.9 Å². The first kappa shape index (κ1) is 21.0. The molecule has 3 aromatic rings. The first-order valence-electron chi connectivity index (χ1n) is 9.34. The van der Waals surface area contributed by atoms with Gasteiger partial charge in [0.1, 0.15) is 23.9 Å². The number of rotatable bonds is 7. The Morgan fingerprint density at radius 3 is 2.60 bits per heavy atom. The van der Waals surface area contributed by atoms with Crippen molar-refractivity contribution in [1.82, 2.24) is 14.7 Å². The second-order valence-electron chi connectivity index (χ2n) is 6.77. The largest absolute Gasteiger partial charge is 0.490 e. The van der Waals surface area contributed by atoms with Crippen LogP contribution in [-0.4, -0.2) is 34.2 Å². The van der Waals surface area contributed by atoms with Gasteiger partial charge >= 0.3 is 0 Å². The van der Waals surface area contributed by atoms with E-state index in [1.807, 2.05) is 12.1 Å². The van der Waals surface area contributed by atoms with Crippen molar-refractivity contribution < 1.29 is 13.9 Å². The molecule has 1 amide bonds. The Bertz CT molecular complexity index is 1120. The lowest BCUT2D eigenvalue weighted by Crippen LogP contribution is -2.33. The maximum absolute atomic E-state index is 14.2. The number of hydrogen-bond acceptors (Lipinski definition) is 4. The Morgan fingerprint density at radius 1 is 1.23 bits per heavy atom. The molecule has 7 heteroatoms. The fraction of sp³-hybridized carbons (Fsp3) is 0.174. The summed E-state index contributed by atoms with van der Waals surface area (Å²) >= 11 is 0. The molecule has 0 bridgehead atoms. The molecule has 0 unspecified atom stereocenters. The van der Waals surface area contributed by atoms with Gasteiger partial charge in [0.25, 0.3) is 5.91 Å². The number of carbonyl (C=O) groups is 1. The maximum atomic E-state index is 14.2. The Balaban J connectivity index is 1.84. The van der Waals surface area contributed by atoms with Crippen LogP contribution in [0, 0.1) is 12.7 Å². The second kappa shape index (κ2) is 9.17. The van der Waals surface area contributed by atoms with Gasteiger partial charge in [-0.3, -0.25) is 9.59 Å². The number of nitrogens with zero attached hydrogens (tertiary/aromatic N) is 3. The summed E-state index contributed by atoms with van der Waals surface area (Å²) in [5, 5.41) is 4.16. The number of benzene rings is 2. The van der Waals surface area contributed by atoms with Crippen molar-refractivity contribution in [3.63, 3.8) is 0 Å². The molecule has 2 aromatic carbocycles. The third kappa shape index (κ3) is 4.63. The van der Waals surface area contributed by atoms with Crippen LogP contribution in [0.4, 0.5) is 4.39 Å². The van der Waals surface area contributed by atoms with Gasteiger partial charge in [0.15, 0.2) is 5.69 Å². The molecule has 0 radical (unpaired) electrons. The quantitative estimate of drug-likeness (QED) is 0.562. The average Bonchev–Trinajstić information content (AvgIpc) is 2.73. The van der Waals surface area contributed by atoms with Crippen LogP contribution in [0.5, 0.6) is 5.75 Å². The van der Waals surface area contributed by atoms with E-state index >= 15 is 0 Å². The van der Waals surface area contributed by atoms with Crippen molar-refractivity contribution in [2.45, 2.75) is 13.5 Å². The molecule has 0 aliphatic rings. The van der Waals surface area contributed by atoms with Gasteiger partial charge in [0.2, 0.25) is 5.43 Å². The van der Waals surface area contributed by atoms with Crippen LogP contribution in [0.25, 0.3) is 5.69 Å². The topological polar surface area (TPSA) is 64.4 Å². The van der Waals surface area contributed by atoms with E-state index < -0.39 is 17.2 Å². The molecule has 6 nitrogen and oxygen atoms in total. The number of para-hydroxylation sites is 1. The van der Waals surface area contributed by atoms with Crippen LogP contribution in [0.1, 0.15) is 21.7 Å². The molecular formula is C23H22FN3O3. The molecule has 0 atom stereocenters. The van der Waals surface area contributed by atoms with Crippen molar-refractivity contribution in [3.05, 3.63) is 100 Å². The van der Waals surface area contributed by atoms with Gasteiger partial charge in [-0.05, 0) is 36.8 Å². The van der Waals surface area contributed by atoms with E-state index in [4.69, 9.17) is 4.74 Å². The lowest BCUT2D eigenvalue weighted by atomic mass is 10.2. The van der Waals surface area contributed by atoms with Crippen LogP contribution in [-0.2, 0) is 6.54 Å². The van der Waals surface area contributed by atoms with Crippen molar-refractivity contribution in [3.8, 4) is 11.4 Å². The molecule has 30 heavy (non-hydrogen) atoms. The van der Waals surface area contributed by atoms with Crippen LogP contribution in [0.15, 0.2) is 72.0 Å². The Morgan fingerprint density at radius 2 is 1.93 bits per heavy atom. The summed E-state index contributed by atoms with van der Waals surface area (Å²) in [6.45, 7) is 5.92. The van der Waals surface area contributed by atoms with Crippen LogP contribution >= 0.6 is 0 Å². The van der Waals surface area contributed by atoms with Crippen molar-refractivity contribution in [2.75, 3.05) is 13.7 Å². The minimum Gasteiger partial charge on any atom is -0.490 e. The summed E-state index contributed by atoms with van der Waals surface area (Å²) in [5.41, 5.74) is 0.682. The molecule has 0 fully saturated rings. The number of carbonyl (C=O) groups excluding carboxylic acids is 1. The monoisotopic (exact) mass is 407 g/mol. The number of ether oxygens (including phenoxy) is 1. The van der Waals surface area contributed by atoms with E-state index in [1.165, 1.54) is 27.8 Å². The fourth-order valence-corrected chi connectivity index (χ4v) is 2.94.